The van der Waals surface area contributed by atoms with E-state index in [4.69, 9.17) is 0 Å². The van der Waals surface area contributed by atoms with Gasteiger partial charge in [-0.15, -0.1) is 0 Å². The van der Waals surface area contributed by atoms with Crippen molar-refractivity contribution in [3.05, 3.63) is 66.0 Å². The smallest absolute Gasteiger partial charge is 0.252 e. The molecule has 0 aliphatic rings. The van der Waals surface area contributed by atoms with E-state index in [0.29, 0.717) is 12.1 Å². The van der Waals surface area contributed by atoms with Crippen LogP contribution in [-0.4, -0.2) is 37.1 Å². The third-order valence-corrected chi connectivity index (χ3v) is 6.10. The average Bonchev–Trinajstić information content (AvgIpc) is 2.78. The fourth-order valence-electron chi connectivity index (χ4n) is 3.73. The summed E-state index contributed by atoms with van der Waals surface area (Å²) in [6.45, 7) is 8.53. The van der Waals surface area contributed by atoms with Gasteiger partial charge in [0.2, 0.25) is 0 Å². The van der Waals surface area contributed by atoms with Gasteiger partial charge in [-0.25, -0.2) is 9.37 Å². The highest BCUT2D eigenvalue weighted by Crippen LogP contribution is 2.29. The Balaban J connectivity index is 1.70. The van der Waals surface area contributed by atoms with E-state index in [1.807, 2.05) is 30.3 Å². The van der Waals surface area contributed by atoms with Gasteiger partial charge in [-0.2, -0.15) is 0 Å². The van der Waals surface area contributed by atoms with Gasteiger partial charge in [0.05, 0.1) is 30.7 Å². The second-order valence-electron chi connectivity index (χ2n) is 7.69. The molecule has 1 heterocycles. The highest BCUT2D eigenvalue weighted by molar-refractivity contribution is 7.99. The normalized spacial score (nSPS) is 11.2. The Morgan fingerprint density at radius 2 is 1.74 bits per heavy atom. The summed E-state index contributed by atoms with van der Waals surface area (Å²) in [7, 11) is 0. The van der Waals surface area contributed by atoms with E-state index in [1.165, 1.54) is 49.8 Å². The Morgan fingerprint density at radius 1 is 1.03 bits per heavy atom. The summed E-state index contributed by atoms with van der Waals surface area (Å²) >= 11 is 1.42. The minimum absolute atomic E-state index is 0.0768. The molecule has 2 N–H and O–H groups in total. The summed E-state index contributed by atoms with van der Waals surface area (Å²) in [6, 6.07) is 15.8. The number of para-hydroxylation sites is 1. The third kappa shape index (κ3) is 6.77. The zero-order valence-electron chi connectivity index (χ0n) is 18.3. The van der Waals surface area contributed by atoms with Gasteiger partial charge in [0.15, 0.2) is 0 Å². The van der Waals surface area contributed by atoms with E-state index < -0.39 is 0 Å². The number of rotatable bonds is 11. The lowest BCUT2D eigenvalue weighted by molar-refractivity contribution is -0.900. The first-order valence-electron chi connectivity index (χ1n) is 11.1. The number of carbonyl (C=O) groups is 1. The molecule has 3 aromatic rings. The number of pyridine rings is 1. The molecule has 0 saturated heterocycles. The number of hydrogen-bond acceptors (Lipinski definition) is 3. The number of quaternary nitrogens is 1. The summed E-state index contributed by atoms with van der Waals surface area (Å²) in [5.41, 5.74) is 1.41. The van der Waals surface area contributed by atoms with Crippen LogP contribution < -0.4 is 10.2 Å². The van der Waals surface area contributed by atoms with Crippen molar-refractivity contribution < 1.29 is 14.1 Å². The highest BCUT2D eigenvalue weighted by atomic mass is 32.2. The van der Waals surface area contributed by atoms with Crippen LogP contribution in [0, 0.1) is 5.82 Å². The van der Waals surface area contributed by atoms with Crippen molar-refractivity contribution in [3.8, 4) is 0 Å². The molecule has 0 saturated carbocycles. The van der Waals surface area contributed by atoms with Crippen LogP contribution in [0.3, 0.4) is 0 Å². The third-order valence-electron chi connectivity index (χ3n) is 5.17. The largest absolute Gasteiger partial charge is 0.352 e. The topological polar surface area (TPSA) is 46.4 Å². The molecule has 1 amide bonds. The van der Waals surface area contributed by atoms with Crippen LogP contribution in [0.1, 0.15) is 43.5 Å². The van der Waals surface area contributed by atoms with Gasteiger partial charge in [-0.3, -0.25) is 4.79 Å². The van der Waals surface area contributed by atoms with Gasteiger partial charge in [-0.1, -0.05) is 43.8 Å². The Labute approximate surface area is 188 Å². The van der Waals surface area contributed by atoms with Crippen molar-refractivity contribution in [1.82, 2.24) is 10.3 Å². The van der Waals surface area contributed by atoms with E-state index >= 15 is 0 Å². The number of halogens is 1. The van der Waals surface area contributed by atoms with E-state index in [2.05, 4.69) is 24.1 Å². The van der Waals surface area contributed by atoms with Crippen molar-refractivity contribution in [3.63, 3.8) is 0 Å². The molecular formula is C25H31FN3OS+. The number of fused-ring (bicyclic) bond motifs is 1. The molecule has 0 aliphatic heterocycles. The summed E-state index contributed by atoms with van der Waals surface area (Å²) < 4.78 is 13.2. The molecule has 0 atom stereocenters. The Morgan fingerprint density at radius 3 is 2.45 bits per heavy atom. The molecule has 0 radical (unpaired) electrons. The molecule has 164 valence electrons. The minimum atomic E-state index is -0.269. The van der Waals surface area contributed by atoms with Crippen LogP contribution in [0.25, 0.3) is 10.9 Å². The first-order valence-corrected chi connectivity index (χ1v) is 11.9. The number of hydrogen-bond donors (Lipinski definition) is 2. The van der Waals surface area contributed by atoms with Crippen LogP contribution in [-0.2, 0) is 0 Å². The second kappa shape index (κ2) is 11.8. The molecule has 0 aliphatic carbocycles. The number of amides is 1. The van der Waals surface area contributed by atoms with Crippen LogP contribution in [0.5, 0.6) is 0 Å². The van der Waals surface area contributed by atoms with Crippen LogP contribution in [0.15, 0.2) is 64.5 Å². The Hall–Kier alpha value is -2.44. The lowest BCUT2D eigenvalue weighted by atomic mass is 10.1. The minimum Gasteiger partial charge on any atom is -0.352 e. The SMILES string of the molecule is CCC[NH+](CCC)CCCNC(=O)c1cc(Sc2ccc(F)cc2)nc2ccccc12. The number of aromatic nitrogens is 1. The fraction of sp³-hybridized carbons (Fsp3) is 0.360. The molecule has 2 aromatic carbocycles. The number of nitrogens with zero attached hydrogens (tertiary/aromatic N) is 1. The Bertz CT molecular complexity index is 988. The monoisotopic (exact) mass is 440 g/mol. The molecule has 1 aromatic heterocycles. The van der Waals surface area contributed by atoms with Crippen molar-refractivity contribution in [2.75, 3.05) is 26.2 Å². The molecule has 31 heavy (non-hydrogen) atoms. The molecule has 0 spiro atoms. The van der Waals surface area contributed by atoms with Gasteiger partial charge >= 0.3 is 0 Å². The highest BCUT2D eigenvalue weighted by Gasteiger charge is 2.14. The van der Waals surface area contributed by atoms with Gasteiger partial charge in [0, 0.05) is 23.2 Å². The van der Waals surface area contributed by atoms with Crippen LogP contribution in [0.4, 0.5) is 4.39 Å². The average molecular weight is 441 g/mol. The maximum atomic E-state index is 13.2. The molecule has 0 bridgehead atoms. The molecule has 0 fully saturated rings. The zero-order chi connectivity index (χ0) is 22.1. The van der Waals surface area contributed by atoms with E-state index in [0.717, 1.165) is 33.8 Å². The van der Waals surface area contributed by atoms with Crippen molar-refractivity contribution >= 4 is 28.6 Å². The predicted octanol–water partition coefficient (Wildman–Crippen LogP) is 4.35. The zero-order valence-corrected chi connectivity index (χ0v) is 19.1. The first kappa shape index (κ1) is 23.2. The fourth-order valence-corrected chi connectivity index (χ4v) is 4.57. The van der Waals surface area contributed by atoms with Gasteiger partial charge in [0.1, 0.15) is 10.8 Å². The maximum Gasteiger partial charge on any atom is 0.252 e. The van der Waals surface area contributed by atoms with E-state index in [1.54, 1.807) is 17.0 Å². The molecule has 6 heteroatoms. The van der Waals surface area contributed by atoms with Crippen molar-refractivity contribution in [2.24, 2.45) is 0 Å². The lowest BCUT2D eigenvalue weighted by Gasteiger charge is -2.18. The standard InChI is InChI=1S/C25H30FN3OS/c1-3-15-29(16-4-2)17-7-14-27-25(30)22-18-24(28-23-9-6-5-8-21(22)23)31-20-12-10-19(26)11-13-20/h5-6,8-13,18H,3-4,7,14-17H2,1-2H3,(H,27,30)/p+1. The quantitative estimate of drug-likeness (QED) is 0.436. The van der Waals surface area contributed by atoms with Crippen LogP contribution >= 0.6 is 11.8 Å². The van der Waals surface area contributed by atoms with Gasteiger partial charge < -0.3 is 10.2 Å². The second-order valence-corrected chi connectivity index (χ2v) is 8.78. The molecular weight excluding hydrogens is 409 g/mol. The van der Waals surface area contributed by atoms with Crippen molar-refractivity contribution in [1.29, 1.82) is 0 Å². The van der Waals surface area contributed by atoms with Crippen LogP contribution in [0.2, 0.25) is 0 Å². The van der Waals surface area contributed by atoms with E-state index in [-0.39, 0.29) is 11.7 Å². The van der Waals surface area contributed by atoms with Crippen molar-refractivity contribution in [2.45, 2.75) is 43.0 Å². The Kier molecular flexibility index (Phi) is 8.85. The molecule has 4 nitrogen and oxygen atoms in total. The molecule has 0 unspecified atom stereocenters. The number of benzene rings is 2. The summed E-state index contributed by atoms with van der Waals surface area (Å²) in [5.74, 6) is -0.346. The van der Waals surface area contributed by atoms with E-state index in [9.17, 15) is 9.18 Å². The van der Waals surface area contributed by atoms with Gasteiger partial charge in [0.25, 0.3) is 5.91 Å². The number of nitrogens with one attached hydrogen (secondary N) is 2. The summed E-state index contributed by atoms with van der Waals surface area (Å²) in [5, 5.41) is 4.65. The lowest BCUT2D eigenvalue weighted by Crippen LogP contribution is -3.12. The maximum absolute atomic E-state index is 13.2. The number of carbonyl (C=O) groups excluding carboxylic acids is 1. The summed E-state index contributed by atoms with van der Waals surface area (Å²) in [4.78, 5) is 20.2. The summed E-state index contributed by atoms with van der Waals surface area (Å²) in [6.07, 6.45) is 3.32. The van der Waals surface area contributed by atoms with Gasteiger partial charge in [-0.05, 0) is 49.2 Å². The molecule has 3 rings (SSSR count). The predicted molar refractivity (Wildman–Crippen MR) is 125 cm³/mol. The first-order chi connectivity index (χ1) is 15.1.